The molecule has 0 radical (unpaired) electrons. The first-order chi connectivity index (χ1) is 9.72. The third kappa shape index (κ3) is 2.77. The van der Waals surface area contributed by atoms with Crippen molar-refractivity contribution in [3.05, 3.63) is 30.0 Å². The number of nitrogens with one attached hydrogen (secondary N) is 1. The normalized spacial score (nSPS) is 15.8. The predicted octanol–water partition coefficient (Wildman–Crippen LogP) is 2.34. The van der Waals surface area contributed by atoms with Gasteiger partial charge in [-0.05, 0) is 50.2 Å². The Morgan fingerprint density at radius 1 is 1.30 bits per heavy atom. The summed E-state index contributed by atoms with van der Waals surface area (Å²) >= 11 is 0. The number of aromatic amines is 1. The van der Waals surface area contributed by atoms with Gasteiger partial charge in [-0.25, -0.2) is 4.79 Å². The molecule has 20 heavy (non-hydrogen) atoms. The molecule has 1 saturated heterocycles. The summed E-state index contributed by atoms with van der Waals surface area (Å²) in [4.78, 5) is 16.2. The molecule has 2 N–H and O–H groups in total. The molecule has 0 aliphatic carbocycles. The average molecular weight is 274 g/mol. The van der Waals surface area contributed by atoms with Gasteiger partial charge in [0.2, 0.25) is 0 Å². The molecule has 0 unspecified atom stereocenters. The van der Waals surface area contributed by atoms with Crippen LogP contribution in [0.25, 0.3) is 10.9 Å². The largest absolute Gasteiger partial charge is 0.492 e. The molecule has 1 aliphatic heterocycles. The maximum absolute atomic E-state index is 10.9. The summed E-state index contributed by atoms with van der Waals surface area (Å²) < 4.78 is 5.74. The fourth-order valence-corrected chi connectivity index (χ4v) is 2.61. The summed E-state index contributed by atoms with van der Waals surface area (Å²) in [6, 6.07) is 7.23. The minimum atomic E-state index is -0.947. The standard InChI is InChI=1S/C15H18N2O3/c18-15(19)14-10-11-9-12(3-4-13(11)16-14)20-8-7-17-5-1-2-6-17/h3-4,9-10,16H,1-2,5-8H2,(H,18,19). The second-order valence-corrected chi connectivity index (χ2v) is 5.13. The van der Waals surface area contributed by atoms with Gasteiger partial charge in [0.1, 0.15) is 18.1 Å². The Morgan fingerprint density at radius 3 is 2.85 bits per heavy atom. The molecule has 0 bridgehead atoms. The number of nitrogens with zero attached hydrogens (tertiary/aromatic N) is 1. The molecule has 1 aromatic carbocycles. The van der Waals surface area contributed by atoms with Gasteiger partial charge in [-0.1, -0.05) is 0 Å². The zero-order chi connectivity index (χ0) is 13.9. The smallest absolute Gasteiger partial charge is 0.352 e. The Morgan fingerprint density at radius 2 is 2.10 bits per heavy atom. The molecule has 5 nitrogen and oxygen atoms in total. The van der Waals surface area contributed by atoms with Gasteiger partial charge < -0.3 is 14.8 Å². The van der Waals surface area contributed by atoms with Crippen molar-refractivity contribution < 1.29 is 14.6 Å². The van der Waals surface area contributed by atoms with Crippen LogP contribution in [0.2, 0.25) is 0 Å². The number of fused-ring (bicyclic) bond motifs is 1. The number of hydrogen-bond donors (Lipinski definition) is 2. The monoisotopic (exact) mass is 274 g/mol. The molecular weight excluding hydrogens is 256 g/mol. The van der Waals surface area contributed by atoms with Gasteiger partial charge in [0.05, 0.1) is 0 Å². The van der Waals surface area contributed by atoms with Crippen molar-refractivity contribution in [2.24, 2.45) is 0 Å². The number of rotatable bonds is 5. The van der Waals surface area contributed by atoms with Crippen molar-refractivity contribution in [2.75, 3.05) is 26.2 Å². The lowest BCUT2D eigenvalue weighted by atomic mass is 10.2. The molecule has 0 saturated carbocycles. The minimum absolute atomic E-state index is 0.203. The number of ether oxygens (including phenoxy) is 1. The SMILES string of the molecule is O=C(O)c1cc2cc(OCCN3CCCC3)ccc2[nH]1. The third-order valence-corrected chi connectivity index (χ3v) is 3.70. The van der Waals surface area contributed by atoms with Crippen molar-refractivity contribution >= 4 is 16.9 Å². The van der Waals surface area contributed by atoms with Crippen LogP contribution in [0.1, 0.15) is 23.3 Å². The van der Waals surface area contributed by atoms with Crippen LogP contribution in [0, 0.1) is 0 Å². The predicted molar refractivity (Wildman–Crippen MR) is 76.4 cm³/mol. The molecule has 106 valence electrons. The summed E-state index contributed by atoms with van der Waals surface area (Å²) in [6.45, 7) is 3.96. The van der Waals surface area contributed by atoms with Gasteiger partial charge in [0.25, 0.3) is 0 Å². The van der Waals surface area contributed by atoms with Crippen molar-refractivity contribution in [3.8, 4) is 5.75 Å². The van der Waals surface area contributed by atoms with Crippen molar-refractivity contribution in [2.45, 2.75) is 12.8 Å². The van der Waals surface area contributed by atoms with Crippen molar-refractivity contribution in [3.63, 3.8) is 0 Å². The molecule has 0 spiro atoms. The highest BCUT2D eigenvalue weighted by molar-refractivity contribution is 5.94. The number of carbonyl (C=O) groups is 1. The molecular formula is C15H18N2O3. The quantitative estimate of drug-likeness (QED) is 0.878. The maximum atomic E-state index is 10.9. The third-order valence-electron chi connectivity index (χ3n) is 3.70. The van der Waals surface area contributed by atoms with Crippen LogP contribution in [0.15, 0.2) is 24.3 Å². The summed E-state index contributed by atoms with van der Waals surface area (Å²) in [5.74, 6) is -0.162. The lowest BCUT2D eigenvalue weighted by Crippen LogP contribution is -2.25. The Bertz CT molecular complexity index is 615. The lowest BCUT2D eigenvalue weighted by Gasteiger charge is -2.14. The molecule has 1 aliphatic rings. The zero-order valence-corrected chi connectivity index (χ0v) is 11.3. The van der Waals surface area contributed by atoms with Crippen LogP contribution < -0.4 is 4.74 Å². The first kappa shape index (κ1) is 13.0. The highest BCUT2D eigenvalue weighted by atomic mass is 16.5. The maximum Gasteiger partial charge on any atom is 0.352 e. The van der Waals surface area contributed by atoms with E-state index in [1.165, 1.54) is 25.9 Å². The second kappa shape index (κ2) is 5.54. The van der Waals surface area contributed by atoms with E-state index < -0.39 is 5.97 Å². The summed E-state index contributed by atoms with van der Waals surface area (Å²) in [5, 5.41) is 9.81. The number of carboxylic acid groups (broad SMARTS) is 1. The number of aromatic nitrogens is 1. The molecule has 5 heteroatoms. The van der Waals surface area contributed by atoms with Crippen LogP contribution in [0.3, 0.4) is 0 Å². The number of carboxylic acids is 1. The number of hydrogen-bond acceptors (Lipinski definition) is 3. The van der Waals surface area contributed by atoms with Crippen LogP contribution in [-0.4, -0.2) is 47.2 Å². The minimum Gasteiger partial charge on any atom is -0.492 e. The van der Waals surface area contributed by atoms with E-state index in [1.54, 1.807) is 6.07 Å². The first-order valence-corrected chi connectivity index (χ1v) is 6.93. The lowest BCUT2D eigenvalue weighted by molar-refractivity contribution is 0.0691. The number of likely N-dealkylation sites (tertiary alicyclic amines) is 1. The Hall–Kier alpha value is -2.01. The molecule has 2 aromatic rings. The van der Waals surface area contributed by atoms with Crippen LogP contribution in [0.4, 0.5) is 0 Å². The summed E-state index contributed by atoms with van der Waals surface area (Å²) in [6.07, 6.45) is 2.57. The highest BCUT2D eigenvalue weighted by Gasteiger charge is 2.11. The molecule has 2 heterocycles. The van der Waals surface area contributed by atoms with Gasteiger partial charge in [0, 0.05) is 17.4 Å². The second-order valence-electron chi connectivity index (χ2n) is 5.13. The van der Waals surface area contributed by atoms with E-state index in [1.807, 2.05) is 18.2 Å². The Balaban J connectivity index is 1.64. The van der Waals surface area contributed by atoms with Gasteiger partial charge >= 0.3 is 5.97 Å². The molecule has 0 amide bonds. The van der Waals surface area contributed by atoms with Crippen LogP contribution in [-0.2, 0) is 0 Å². The number of H-pyrrole nitrogens is 1. The van der Waals surface area contributed by atoms with Crippen LogP contribution >= 0.6 is 0 Å². The first-order valence-electron chi connectivity index (χ1n) is 6.93. The number of aromatic carboxylic acids is 1. The summed E-state index contributed by atoms with van der Waals surface area (Å²) in [7, 11) is 0. The topological polar surface area (TPSA) is 65.6 Å². The van der Waals surface area contributed by atoms with Crippen molar-refractivity contribution in [1.29, 1.82) is 0 Å². The van der Waals surface area contributed by atoms with E-state index >= 15 is 0 Å². The fourth-order valence-electron chi connectivity index (χ4n) is 2.61. The Labute approximate surface area is 117 Å². The molecule has 1 fully saturated rings. The molecule has 3 rings (SSSR count). The summed E-state index contributed by atoms with van der Waals surface area (Å²) in [5.41, 5.74) is 1.02. The van der Waals surface area contributed by atoms with E-state index in [0.29, 0.717) is 6.61 Å². The average Bonchev–Trinajstić information content (AvgIpc) is 3.06. The van der Waals surface area contributed by atoms with Gasteiger partial charge in [-0.3, -0.25) is 4.90 Å². The van der Waals surface area contributed by atoms with E-state index in [9.17, 15) is 4.79 Å². The van der Waals surface area contributed by atoms with E-state index in [-0.39, 0.29) is 5.69 Å². The van der Waals surface area contributed by atoms with Crippen LogP contribution in [0.5, 0.6) is 5.75 Å². The van der Waals surface area contributed by atoms with E-state index in [2.05, 4.69) is 9.88 Å². The Kier molecular flexibility index (Phi) is 3.60. The van der Waals surface area contributed by atoms with Crippen molar-refractivity contribution in [1.82, 2.24) is 9.88 Å². The zero-order valence-electron chi connectivity index (χ0n) is 11.3. The van der Waals surface area contributed by atoms with Gasteiger partial charge in [-0.2, -0.15) is 0 Å². The van der Waals surface area contributed by atoms with E-state index in [0.717, 1.165) is 23.2 Å². The van der Waals surface area contributed by atoms with E-state index in [4.69, 9.17) is 9.84 Å². The number of benzene rings is 1. The molecule has 0 atom stereocenters. The molecule has 1 aromatic heterocycles. The highest BCUT2D eigenvalue weighted by Crippen LogP contribution is 2.21. The van der Waals surface area contributed by atoms with Gasteiger partial charge in [-0.15, -0.1) is 0 Å². The van der Waals surface area contributed by atoms with Gasteiger partial charge in [0.15, 0.2) is 0 Å². The fraction of sp³-hybridized carbons (Fsp3) is 0.400.